The van der Waals surface area contributed by atoms with E-state index in [-0.39, 0.29) is 35.7 Å². The summed E-state index contributed by atoms with van der Waals surface area (Å²) in [5.41, 5.74) is 1.62. The molecule has 0 bridgehead atoms. The van der Waals surface area contributed by atoms with Gasteiger partial charge in [-0.25, -0.2) is 8.78 Å². The second kappa shape index (κ2) is 10.7. The van der Waals surface area contributed by atoms with Crippen molar-refractivity contribution < 1.29 is 28.5 Å². The molecule has 196 valence electrons. The van der Waals surface area contributed by atoms with E-state index in [4.69, 9.17) is 4.74 Å². The molecule has 2 aromatic heterocycles. The number of nitrogens with zero attached hydrogens (tertiary/aromatic N) is 3. The Hall–Kier alpha value is -3.17. The zero-order chi connectivity index (χ0) is 26.1. The summed E-state index contributed by atoms with van der Waals surface area (Å²) in [6.07, 6.45) is 6.06. The predicted octanol–water partition coefficient (Wildman–Crippen LogP) is 4.70. The number of piperidine rings is 1. The van der Waals surface area contributed by atoms with Gasteiger partial charge in [-0.3, -0.25) is 19.7 Å². The molecule has 7 nitrogen and oxygen atoms in total. The second-order valence-corrected chi connectivity index (χ2v) is 10.2. The first-order valence-electron chi connectivity index (χ1n) is 12.7. The molecule has 0 spiro atoms. The molecule has 2 fully saturated rings. The number of hydrogen-bond acceptors (Lipinski definition) is 6. The van der Waals surface area contributed by atoms with Crippen molar-refractivity contribution >= 4 is 16.9 Å². The number of benzene rings is 1. The fourth-order valence-corrected chi connectivity index (χ4v) is 5.94. The molecule has 1 aliphatic carbocycles. The molecule has 3 aromatic rings. The van der Waals surface area contributed by atoms with Gasteiger partial charge in [0, 0.05) is 29.7 Å². The zero-order valence-electron chi connectivity index (χ0n) is 20.7. The molecule has 37 heavy (non-hydrogen) atoms. The van der Waals surface area contributed by atoms with Gasteiger partial charge in [-0.15, -0.1) is 0 Å². The number of hydrogen-bond donors (Lipinski definition) is 2. The third-order valence-corrected chi connectivity index (χ3v) is 8.14. The molecule has 2 aliphatic rings. The van der Waals surface area contributed by atoms with Crippen LogP contribution in [0, 0.1) is 23.5 Å². The molecular weight excluding hydrogens is 480 g/mol. The van der Waals surface area contributed by atoms with E-state index in [1.807, 2.05) is 0 Å². The summed E-state index contributed by atoms with van der Waals surface area (Å²) in [6.45, 7) is 1.21. The number of halogens is 2. The lowest BCUT2D eigenvalue weighted by Crippen LogP contribution is -2.52. The first kappa shape index (κ1) is 25.5. The van der Waals surface area contributed by atoms with Gasteiger partial charge in [-0.2, -0.15) is 0 Å². The summed E-state index contributed by atoms with van der Waals surface area (Å²) in [7, 11) is 1.52. The summed E-state index contributed by atoms with van der Waals surface area (Å²) >= 11 is 0. The highest BCUT2D eigenvalue weighted by Gasteiger charge is 2.41. The molecule has 5 rings (SSSR count). The van der Waals surface area contributed by atoms with Crippen LogP contribution in [0.1, 0.15) is 55.3 Å². The van der Waals surface area contributed by atoms with Crippen LogP contribution in [0.5, 0.6) is 5.75 Å². The minimum absolute atomic E-state index is 0.114. The minimum atomic E-state index is -1.09. The van der Waals surface area contributed by atoms with Crippen molar-refractivity contribution in [3.05, 3.63) is 65.6 Å². The Kier molecular flexibility index (Phi) is 7.35. The lowest BCUT2D eigenvalue weighted by Gasteiger charge is -2.47. The van der Waals surface area contributed by atoms with Crippen LogP contribution in [-0.4, -0.2) is 57.3 Å². The lowest BCUT2D eigenvalue weighted by molar-refractivity contribution is -0.147. The van der Waals surface area contributed by atoms with Crippen LogP contribution in [0.25, 0.3) is 10.9 Å². The molecule has 0 radical (unpaired) electrons. The summed E-state index contributed by atoms with van der Waals surface area (Å²) in [5, 5.41) is 21.4. The van der Waals surface area contributed by atoms with Crippen molar-refractivity contribution in [3.8, 4) is 5.75 Å². The molecule has 3 heterocycles. The third kappa shape index (κ3) is 5.29. The van der Waals surface area contributed by atoms with Gasteiger partial charge in [0.2, 0.25) is 0 Å². The van der Waals surface area contributed by atoms with E-state index in [1.54, 1.807) is 24.4 Å². The second-order valence-electron chi connectivity index (χ2n) is 10.2. The van der Waals surface area contributed by atoms with Crippen LogP contribution in [0.4, 0.5) is 8.78 Å². The Morgan fingerprint density at radius 2 is 2.03 bits per heavy atom. The summed E-state index contributed by atoms with van der Waals surface area (Å²) in [4.78, 5) is 22.4. The maximum Gasteiger partial charge on any atom is 0.308 e. The van der Waals surface area contributed by atoms with Gasteiger partial charge in [-0.1, -0.05) is 0 Å². The van der Waals surface area contributed by atoms with E-state index >= 15 is 0 Å². The van der Waals surface area contributed by atoms with Gasteiger partial charge in [-0.05, 0) is 80.3 Å². The average Bonchev–Trinajstić information content (AvgIpc) is 2.86. The summed E-state index contributed by atoms with van der Waals surface area (Å²) in [5.74, 6) is -1.67. The molecule has 1 aromatic carbocycles. The van der Waals surface area contributed by atoms with E-state index < -0.39 is 23.8 Å². The van der Waals surface area contributed by atoms with Crippen LogP contribution < -0.4 is 4.74 Å². The van der Waals surface area contributed by atoms with Crippen molar-refractivity contribution in [2.45, 2.75) is 50.2 Å². The maximum atomic E-state index is 14.7. The highest BCUT2D eigenvalue weighted by molar-refractivity contribution is 5.84. The molecule has 0 unspecified atom stereocenters. The quantitative estimate of drug-likeness (QED) is 0.453. The smallest absolute Gasteiger partial charge is 0.308 e. The Labute approximate surface area is 214 Å². The number of fused-ring (bicyclic) bond motifs is 1. The van der Waals surface area contributed by atoms with Crippen LogP contribution in [0.3, 0.4) is 0 Å². The number of carbonyl (C=O) groups is 1. The molecule has 2 N–H and O–H groups in total. The van der Waals surface area contributed by atoms with Crippen molar-refractivity contribution in [1.82, 2.24) is 14.9 Å². The van der Waals surface area contributed by atoms with Gasteiger partial charge in [0.05, 0.1) is 37.0 Å². The number of carboxylic acids is 1. The molecule has 0 amide bonds. The van der Waals surface area contributed by atoms with Crippen LogP contribution in [0.2, 0.25) is 0 Å². The Morgan fingerprint density at radius 1 is 1.22 bits per heavy atom. The van der Waals surface area contributed by atoms with Crippen LogP contribution in [0.15, 0.2) is 42.9 Å². The van der Waals surface area contributed by atoms with Crippen molar-refractivity contribution in [2.75, 3.05) is 20.2 Å². The standard InChI is InChI=1S/C28H31F2N3O4/c1-37-21-3-4-25-22(11-21)27(24(30)14-32-25)26(34)5-2-16-6-7-33(15-23(16)28(35)36)20-9-17(10-20)18-8-19(29)13-31-12-18/h3-4,8,11-14,16-17,20,23,26,34H,2,5-7,9-10,15H2,1H3,(H,35,36)/t16-,17?,20?,23+,26+/m1/s1. The number of aliphatic hydroxyl groups is 1. The Morgan fingerprint density at radius 3 is 2.76 bits per heavy atom. The van der Waals surface area contributed by atoms with Gasteiger partial charge in [0.25, 0.3) is 0 Å². The minimum Gasteiger partial charge on any atom is -0.497 e. The average molecular weight is 512 g/mol. The predicted molar refractivity (Wildman–Crippen MR) is 133 cm³/mol. The first-order chi connectivity index (χ1) is 17.8. The molecule has 9 heteroatoms. The number of methoxy groups -OCH3 is 1. The molecule has 1 aliphatic heterocycles. The van der Waals surface area contributed by atoms with Gasteiger partial charge >= 0.3 is 5.97 Å². The molecule has 3 atom stereocenters. The normalized spacial score (nSPS) is 25.0. The van der Waals surface area contributed by atoms with E-state index in [9.17, 15) is 23.8 Å². The number of aliphatic hydroxyl groups excluding tert-OH is 1. The number of likely N-dealkylation sites (tertiary alicyclic amines) is 1. The number of rotatable bonds is 8. The topological polar surface area (TPSA) is 95.8 Å². The Bertz CT molecular complexity index is 1280. The monoisotopic (exact) mass is 511 g/mol. The number of ether oxygens (including phenoxy) is 1. The number of carboxylic acid groups (broad SMARTS) is 1. The van der Waals surface area contributed by atoms with E-state index in [0.29, 0.717) is 36.0 Å². The number of pyridine rings is 2. The largest absolute Gasteiger partial charge is 0.497 e. The lowest BCUT2D eigenvalue weighted by atomic mass is 9.73. The van der Waals surface area contributed by atoms with Crippen molar-refractivity contribution in [2.24, 2.45) is 11.8 Å². The maximum absolute atomic E-state index is 14.7. The molecule has 1 saturated carbocycles. The van der Waals surface area contributed by atoms with Crippen LogP contribution in [-0.2, 0) is 4.79 Å². The number of aromatic nitrogens is 2. The van der Waals surface area contributed by atoms with E-state index in [1.165, 1.54) is 19.4 Å². The van der Waals surface area contributed by atoms with E-state index in [2.05, 4.69) is 14.9 Å². The first-order valence-corrected chi connectivity index (χ1v) is 12.7. The van der Waals surface area contributed by atoms with Crippen molar-refractivity contribution in [1.29, 1.82) is 0 Å². The zero-order valence-corrected chi connectivity index (χ0v) is 20.7. The molecule has 1 saturated heterocycles. The fraction of sp³-hybridized carbons (Fsp3) is 0.464. The summed E-state index contributed by atoms with van der Waals surface area (Å²) in [6, 6.07) is 6.91. The SMILES string of the molecule is COc1ccc2ncc(F)c([C@@H](O)CC[C@@H]3CCN(C4CC(c5cncc(F)c5)C4)C[C@@H]3C(=O)O)c2c1. The van der Waals surface area contributed by atoms with E-state index in [0.717, 1.165) is 31.1 Å². The third-order valence-electron chi connectivity index (χ3n) is 8.14. The van der Waals surface area contributed by atoms with Crippen molar-refractivity contribution in [3.63, 3.8) is 0 Å². The van der Waals surface area contributed by atoms with Gasteiger partial charge in [0.1, 0.15) is 17.4 Å². The highest BCUT2D eigenvalue weighted by atomic mass is 19.1. The molecular formula is C28H31F2N3O4. The fourth-order valence-electron chi connectivity index (χ4n) is 5.94. The number of aliphatic carboxylic acids is 1. The van der Waals surface area contributed by atoms with Crippen LogP contribution >= 0.6 is 0 Å². The highest BCUT2D eigenvalue weighted by Crippen LogP contribution is 2.42. The van der Waals surface area contributed by atoms with Gasteiger partial charge < -0.3 is 14.9 Å². The Balaban J connectivity index is 1.22. The summed E-state index contributed by atoms with van der Waals surface area (Å²) < 4.78 is 33.5. The van der Waals surface area contributed by atoms with Gasteiger partial charge in [0.15, 0.2) is 0 Å².